The number of aliphatic hydroxyl groups excluding tert-OH is 1. The Kier molecular flexibility index (Phi) is 3.30. The summed E-state index contributed by atoms with van der Waals surface area (Å²) in [6.07, 6.45) is 1.33. The first kappa shape index (κ1) is 12.9. The van der Waals surface area contributed by atoms with E-state index in [1.807, 2.05) is 36.0 Å². The second-order valence-corrected chi connectivity index (χ2v) is 5.04. The van der Waals surface area contributed by atoms with Gasteiger partial charge in [-0.3, -0.25) is 0 Å². The number of aryl methyl sites for hydroxylation is 1. The quantitative estimate of drug-likeness (QED) is 0.766. The van der Waals surface area contributed by atoms with Gasteiger partial charge in [0.25, 0.3) is 0 Å². The number of nitrogens with zero attached hydrogens (tertiary/aromatic N) is 1. The Morgan fingerprint density at radius 3 is 2.55 bits per heavy atom. The first-order valence-electron chi connectivity index (χ1n) is 6.73. The lowest BCUT2D eigenvalue weighted by atomic mass is 10.0. The second-order valence-electron chi connectivity index (χ2n) is 5.04. The normalized spacial score (nSPS) is 12.8. The molecule has 1 atom stereocenters. The molecule has 20 heavy (non-hydrogen) atoms. The molecule has 2 aromatic carbocycles. The van der Waals surface area contributed by atoms with Crippen molar-refractivity contribution in [2.75, 3.05) is 6.54 Å². The fourth-order valence-corrected chi connectivity index (χ4v) is 2.63. The summed E-state index contributed by atoms with van der Waals surface area (Å²) in [5, 5.41) is 11.1. The van der Waals surface area contributed by atoms with E-state index < -0.39 is 6.10 Å². The molecule has 3 rings (SSSR count). The summed E-state index contributed by atoms with van der Waals surface area (Å²) in [6.45, 7) is 0.231. The zero-order valence-electron chi connectivity index (χ0n) is 11.5. The lowest BCUT2D eigenvalue weighted by Crippen LogP contribution is -2.11. The van der Waals surface area contributed by atoms with Crippen LogP contribution in [0.15, 0.2) is 54.7 Å². The highest BCUT2D eigenvalue weighted by Crippen LogP contribution is 2.30. The van der Waals surface area contributed by atoms with Crippen molar-refractivity contribution in [1.29, 1.82) is 0 Å². The monoisotopic (exact) mass is 266 g/mol. The SMILES string of the molecule is Cn1cc(C(O)CN)c2cc(-c3ccccc3)ccc21. The molecule has 1 heterocycles. The molecule has 0 amide bonds. The highest BCUT2D eigenvalue weighted by atomic mass is 16.3. The number of aromatic nitrogens is 1. The third-order valence-corrected chi connectivity index (χ3v) is 3.71. The van der Waals surface area contributed by atoms with Gasteiger partial charge in [-0.1, -0.05) is 36.4 Å². The van der Waals surface area contributed by atoms with Gasteiger partial charge >= 0.3 is 0 Å². The molecule has 3 heteroatoms. The van der Waals surface area contributed by atoms with Gasteiger partial charge in [0.1, 0.15) is 0 Å². The highest BCUT2D eigenvalue weighted by Gasteiger charge is 2.14. The lowest BCUT2D eigenvalue weighted by molar-refractivity contribution is 0.188. The topological polar surface area (TPSA) is 51.2 Å². The molecule has 3 nitrogen and oxygen atoms in total. The van der Waals surface area contributed by atoms with Crippen LogP contribution < -0.4 is 5.73 Å². The van der Waals surface area contributed by atoms with Crippen molar-refractivity contribution >= 4 is 10.9 Å². The largest absolute Gasteiger partial charge is 0.387 e. The minimum Gasteiger partial charge on any atom is -0.387 e. The zero-order chi connectivity index (χ0) is 14.1. The number of hydrogen-bond acceptors (Lipinski definition) is 2. The molecule has 0 aliphatic heterocycles. The van der Waals surface area contributed by atoms with Gasteiger partial charge in [0.05, 0.1) is 6.10 Å². The Balaban J connectivity index is 2.19. The number of hydrogen-bond donors (Lipinski definition) is 2. The summed E-state index contributed by atoms with van der Waals surface area (Å²) in [5.41, 5.74) is 9.91. The van der Waals surface area contributed by atoms with Gasteiger partial charge in [0.15, 0.2) is 0 Å². The average molecular weight is 266 g/mol. The summed E-state index contributed by atoms with van der Waals surface area (Å²) in [7, 11) is 1.98. The average Bonchev–Trinajstić information content (AvgIpc) is 2.84. The highest BCUT2D eigenvalue weighted by molar-refractivity contribution is 5.89. The first-order chi connectivity index (χ1) is 9.70. The molecule has 0 saturated carbocycles. The zero-order valence-corrected chi connectivity index (χ0v) is 11.5. The van der Waals surface area contributed by atoms with E-state index in [1.54, 1.807) is 0 Å². The molecule has 0 spiro atoms. The Labute approximate surface area is 118 Å². The molecule has 0 fully saturated rings. The van der Waals surface area contributed by atoms with Gasteiger partial charge in [-0.05, 0) is 23.3 Å². The second kappa shape index (κ2) is 5.12. The van der Waals surface area contributed by atoms with E-state index in [0.717, 1.165) is 22.0 Å². The van der Waals surface area contributed by atoms with E-state index in [2.05, 4.69) is 30.3 Å². The smallest absolute Gasteiger partial charge is 0.0932 e. The van der Waals surface area contributed by atoms with Gasteiger partial charge < -0.3 is 15.4 Å². The van der Waals surface area contributed by atoms with E-state index in [9.17, 15) is 5.11 Å². The van der Waals surface area contributed by atoms with Crippen LogP contribution in [-0.2, 0) is 7.05 Å². The van der Waals surface area contributed by atoms with Crippen LogP contribution in [0, 0.1) is 0 Å². The maximum Gasteiger partial charge on any atom is 0.0932 e. The molecule has 0 aliphatic rings. The summed E-state index contributed by atoms with van der Waals surface area (Å²) in [5.74, 6) is 0. The maximum absolute atomic E-state index is 10.1. The van der Waals surface area contributed by atoms with Crippen LogP contribution in [0.25, 0.3) is 22.0 Å². The van der Waals surface area contributed by atoms with Crippen LogP contribution in [0.5, 0.6) is 0 Å². The molecule has 3 N–H and O–H groups in total. The van der Waals surface area contributed by atoms with Gasteiger partial charge in [0.2, 0.25) is 0 Å². The Bertz CT molecular complexity index is 731. The minimum absolute atomic E-state index is 0.231. The van der Waals surface area contributed by atoms with Crippen LogP contribution in [-0.4, -0.2) is 16.2 Å². The number of benzene rings is 2. The molecule has 102 valence electrons. The third kappa shape index (κ3) is 2.11. The van der Waals surface area contributed by atoms with Crippen molar-refractivity contribution in [3.05, 3.63) is 60.3 Å². The van der Waals surface area contributed by atoms with Crippen molar-refractivity contribution in [2.24, 2.45) is 12.8 Å². The minimum atomic E-state index is -0.621. The third-order valence-electron chi connectivity index (χ3n) is 3.71. The van der Waals surface area contributed by atoms with Gasteiger partial charge in [-0.2, -0.15) is 0 Å². The predicted octanol–water partition coefficient (Wildman–Crippen LogP) is 2.84. The van der Waals surface area contributed by atoms with Gasteiger partial charge in [-0.25, -0.2) is 0 Å². The number of aliphatic hydroxyl groups is 1. The predicted molar refractivity (Wildman–Crippen MR) is 82.4 cm³/mol. The van der Waals surface area contributed by atoms with Gasteiger partial charge in [0, 0.05) is 36.3 Å². The van der Waals surface area contributed by atoms with Crippen molar-refractivity contribution < 1.29 is 5.11 Å². The number of nitrogens with two attached hydrogens (primary N) is 1. The molecule has 1 unspecified atom stereocenters. The van der Waals surface area contributed by atoms with Crippen LogP contribution in [0.4, 0.5) is 0 Å². The van der Waals surface area contributed by atoms with Crippen molar-refractivity contribution in [3.8, 4) is 11.1 Å². The molecular weight excluding hydrogens is 248 g/mol. The van der Waals surface area contributed by atoms with Crippen LogP contribution in [0.3, 0.4) is 0 Å². The molecular formula is C17H18N2O. The van der Waals surface area contributed by atoms with Crippen LogP contribution in [0.1, 0.15) is 11.7 Å². The van der Waals surface area contributed by atoms with E-state index in [0.29, 0.717) is 0 Å². The Morgan fingerprint density at radius 1 is 1.10 bits per heavy atom. The van der Waals surface area contributed by atoms with Crippen molar-refractivity contribution in [3.63, 3.8) is 0 Å². The van der Waals surface area contributed by atoms with Crippen LogP contribution >= 0.6 is 0 Å². The van der Waals surface area contributed by atoms with Gasteiger partial charge in [-0.15, -0.1) is 0 Å². The van der Waals surface area contributed by atoms with E-state index in [-0.39, 0.29) is 6.54 Å². The summed E-state index contributed by atoms with van der Waals surface area (Å²) in [6, 6.07) is 16.6. The number of fused-ring (bicyclic) bond motifs is 1. The molecule has 0 aliphatic carbocycles. The Morgan fingerprint density at radius 2 is 1.85 bits per heavy atom. The molecule has 0 saturated heterocycles. The number of rotatable bonds is 3. The van der Waals surface area contributed by atoms with E-state index in [4.69, 9.17) is 5.73 Å². The van der Waals surface area contributed by atoms with Crippen molar-refractivity contribution in [1.82, 2.24) is 4.57 Å². The fourth-order valence-electron chi connectivity index (χ4n) is 2.63. The molecule has 0 radical (unpaired) electrons. The van der Waals surface area contributed by atoms with Crippen molar-refractivity contribution in [2.45, 2.75) is 6.10 Å². The summed E-state index contributed by atoms with van der Waals surface area (Å²) in [4.78, 5) is 0. The first-order valence-corrected chi connectivity index (χ1v) is 6.73. The summed E-state index contributed by atoms with van der Waals surface area (Å²) < 4.78 is 2.03. The lowest BCUT2D eigenvalue weighted by Gasteiger charge is -2.07. The standard InChI is InChI=1S/C17H18N2O/c1-19-11-15(17(20)10-18)14-9-13(7-8-16(14)19)12-5-3-2-4-6-12/h2-9,11,17,20H,10,18H2,1H3. The van der Waals surface area contributed by atoms with Crippen LogP contribution in [0.2, 0.25) is 0 Å². The fraction of sp³-hybridized carbons (Fsp3) is 0.176. The molecule has 3 aromatic rings. The molecule has 1 aromatic heterocycles. The molecule has 0 bridgehead atoms. The Hall–Kier alpha value is -2.10. The summed E-state index contributed by atoms with van der Waals surface area (Å²) >= 11 is 0. The van der Waals surface area contributed by atoms with E-state index in [1.165, 1.54) is 5.56 Å². The maximum atomic E-state index is 10.1. The van der Waals surface area contributed by atoms with E-state index >= 15 is 0 Å².